The molecule has 2 N–H and O–H groups in total. The molecule has 0 aromatic heterocycles. The normalized spacial score (nSPS) is 28.8. The van der Waals surface area contributed by atoms with Crippen molar-refractivity contribution in [3.05, 3.63) is 0 Å². The van der Waals surface area contributed by atoms with E-state index in [1.165, 1.54) is 0 Å². The molecule has 0 spiro atoms. The van der Waals surface area contributed by atoms with Crippen LogP contribution in [0.5, 0.6) is 0 Å². The minimum Gasteiger partial charge on any atom is -0.361 e. The van der Waals surface area contributed by atoms with Gasteiger partial charge in [0.15, 0.2) is 0 Å². The Bertz CT molecular complexity index is 108. The number of hydrogen-bond acceptors (Lipinski definition) is 3. The average Bonchev–Trinajstić information content (AvgIpc) is 1.64. The summed E-state index contributed by atoms with van der Waals surface area (Å²) in [5, 5.41) is 6.16. The fraction of sp³-hybridized carbons (Fsp3) is 0.800. The van der Waals surface area contributed by atoms with Gasteiger partial charge in [-0.2, -0.15) is 0 Å². The van der Waals surface area contributed by atoms with Crippen molar-refractivity contribution in [3.8, 4) is 0 Å². The first-order chi connectivity index (χ1) is 3.79. The van der Waals surface area contributed by atoms with Crippen molar-refractivity contribution in [1.29, 1.82) is 0 Å². The number of aliphatic imine (C=N–C) groups is 1. The molecular formula is C5H11N3. The molecule has 1 unspecified atom stereocenters. The fourth-order valence-corrected chi connectivity index (χ4v) is 0.708. The second kappa shape index (κ2) is 2.13. The van der Waals surface area contributed by atoms with Crippen molar-refractivity contribution in [2.24, 2.45) is 4.99 Å². The lowest BCUT2D eigenvalue weighted by atomic mass is 10.5. The first kappa shape index (κ1) is 5.56. The minimum absolute atomic E-state index is 0.288. The van der Waals surface area contributed by atoms with Crippen LogP contribution in [0.1, 0.15) is 13.8 Å². The number of rotatable bonds is 0. The van der Waals surface area contributed by atoms with Gasteiger partial charge in [-0.3, -0.25) is 10.3 Å². The van der Waals surface area contributed by atoms with Gasteiger partial charge in [0.05, 0.1) is 18.7 Å². The highest BCUT2D eigenvalue weighted by Gasteiger charge is 2.02. The maximum absolute atomic E-state index is 4.18. The van der Waals surface area contributed by atoms with E-state index in [1.54, 1.807) is 0 Å². The third-order valence-corrected chi connectivity index (χ3v) is 1.13. The van der Waals surface area contributed by atoms with Gasteiger partial charge in [0, 0.05) is 0 Å². The van der Waals surface area contributed by atoms with E-state index in [1.807, 2.05) is 13.8 Å². The maximum Gasteiger partial charge on any atom is 0.0999 e. The molecule has 46 valence electrons. The lowest BCUT2D eigenvalue weighted by Gasteiger charge is -2.17. The summed E-state index contributed by atoms with van der Waals surface area (Å²) in [6.45, 7) is 4.85. The lowest BCUT2D eigenvalue weighted by molar-refractivity contribution is 0.528. The third kappa shape index (κ3) is 1.20. The molecule has 3 heteroatoms. The summed E-state index contributed by atoms with van der Waals surface area (Å²) in [5.41, 5.74) is 0. The van der Waals surface area contributed by atoms with Gasteiger partial charge in [-0.15, -0.1) is 0 Å². The van der Waals surface area contributed by atoms with Gasteiger partial charge in [-0.05, 0) is 13.8 Å². The Hall–Kier alpha value is -0.570. The summed E-state index contributed by atoms with van der Waals surface area (Å²) in [4.78, 5) is 4.18. The molecule has 0 bridgehead atoms. The standard InChI is InChI=1S/C5H11N3/c1-4-6-3-7-5(2)8-4/h4,6H,3H2,1-2H3,(H,7,8). The molecule has 0 aromatic carbocycles. The van der Waals surface area contributed by atoms with Gasteiger partial charge in [0.1, 0.15) is 0 Å². The Labute approximate surface area is 49.2 Å². The summed E-state index contributed by atoms with van der Waals surface area (Å²) in [6, 6.07) is 0. The number of amidine groups is 1. The Morgan fingerprint density at radius 1 is 1.75 bits per heavy atom. The topological polar surface area (TPSA) is 36.4 Å². The van der Waals surface area contributed by atoms with E-state index >= 15 is 0 Å². The fourth-order valence-electron chi connectivity index (χ4n) is 0.708. The second-order valence-corrected chi connectivity index (χ2v) is 1.95. The van der Waals surface area contributed by atoms with E-state index in [2.05, 4.69) is 15.6 Å². The molecule has 8 heavy (non-hydrogen) atoms. The predicted octanol–water partition coefficient (Wildman–Crippen LogP) is -0.0989. The molecule has 0 aliphatic carbocycles. The average molecular weight is 113 g/mol. The van der Waals surface area contributed by atoms with E-state index in [0.717, 1.165) is 12.5 Å². The summed E-state index contributed by atoms with van der Waals surface area (Å²) in [6.07, 6.45) is 0.288. The summed E-state index contributed by atoms with van der Waals surface area (Å²) < 4.78 is 0. The molecule has 3 nitrogen and oxygen atoms in total. The Morgan fingerprint density at radius 2 is 2.50 bits per heavy atom. The first-order valence-electron chi connectivity index (χ1n) is 2.80. The van der Waals surface area contributed by atoms with Crippen LogP contribution in [0.3, 0.4) is 0 Å². The Balaban J connectivity index is 2.50. The largest absolute Gasteiger partial charge is 0.361 e. The Kier molecular flexibility index (Phi) is 1.48. The van der Waals surface area contributed by atoms with Gasteiger partial charge < -0.3 is 5.32 Å². The van der Waals surface area contributed by atoms with Gasteiger partial charge >= 0.3 is 0 Å². The zero-order chi connectivity index (χ0) is 5.98. The quantitative estimate of drug-likeness (QED) is 0.460. The van der Waals surface area contributed by atoms with E-state index in [0.29, 0.717) is 0 Å². The SMILES string of the molecule is CC1=NC(C)NCN1. The molecule has 0 aromatic rings. The summed E-state index contributed by atoms with van der Waals surface area (Å²) in [5.74, 6) is 1.02. The van der Waals surface area contributed by atoms with Gasteiger partial charge in [-0.25, -0.2) is 0 Å². The van der Waals surface area contributed by atoms with Crippen LogP contribution < -0.4 is 10.6 Å². The molecule has 1 rings (SSSR count). The van der Waals surface area contributed by atoms with Crippen molar-refractivity contribution in [2.45, 2.75) is 20.0 Å². The molecule has 0 amide bonds. The van der Waals surface area contributed by atoms with Gasteiger partial charge in [0.25, 0.3) is 0 Å². The molecule has 1 aliphatic heterocycles. The highest BCUT2D eigenvalue weighted by molar-refractivity contribution is 5.79. The summed E-state index contributed by atoms with van der Waals surface area (Å²) >= 11 is 0. The number of nitrogens with zero attached hydrogens (tertiary/aromatic N) is 1. The van der Waals surface area contributed by atoms with Crippen LogP contribution in [0.4, 0.5) is 0 Å². The molecular weight excluding hydrogens is 102 g/mol. The predicted molar refractivity (Wildman–Crippen MR) is 33.7 cm³/mol. The molecule has 1 atom stereocenters. The van der Waals surface area contributed by atoms with Crippen molar-refractivity contribution in [3.63, 3.8) is 0 Å². The van der Waals surface area contributed by atoms with Crippen molar-refractivity contribution < 1.29 is 0 Å². The van der Waals surface area contributed by atoms with Crippen molar-refractivity contribution in [2.75, 3.05) is 6.67 Å². The minimum atomic E-state index is 0.288. The van der Waals surface area contributed by atoms with Crippen LogP contribution in [0.25, 0.3) is 0 Å². The molecule has 0 saturated carbocycles. The molecule has 0 radical (unpaired) electrons. The van der Waals surface area contributed by atoms with Crippen molar-refractivity contribution in [1.82, 2.24) is 10.6 Å². The second-order valence-electron chi connectivity index (χ2n) is 1.95. The van der Waals surface area contributed by atoms with E-state index < -0.39 is 0 Å². The highest BCUT2D eigenvalue weighted by Crippen LogP contribution is 1.87. The maximum atomic E-state index is 4.18. The first-order valence-corrected chi connectivity index (χ1v) is 2.80. The molecule has 0 saturated heterocycles. The van der Waals surface area contributed by atoms with Gasteiger partial charge in [-0.1, -0.05) is 0 Å². The summed E-state index contributed by atoms with van der Waals surface area (Å²) in [7, 11) is 0. The van der Waals surface area contributed by atoms with Crippen LogP contribution in [0.2, 0.25) is 0 Å². The highest BCUT2D eigenvalue weighted by atomic mass is 15.2. The van der Waals surface area contributed by atoms with Crippen LogP contribution in [-0.2, 0) is 0 Å². The number of nitrogens with one attached hydrogen (secondary N) is 2. The van der Waals surface area contributed by atoms with E-state index in [4.69, 9.17) is 0 Å². The Morgan fingerprint density at radius 3 is 2.88 bits per heavy atom. The molecule has 1 heterocycles. The van der Waals surface area contributed by atoms with Crippen LogP contribution in [0, 0.1) is 0 Å². The number of hydrogen-bond donors (Lipinski definition) is 2. The third-order valence-electron chi connectivity index (χ3n) is 1.13. The smallest absolute Gasteiger partial charge is 0.0999 e. The van der Waals surface area contributed by atoms with Crippen LogP contribution in [0.15, 0.2) is 4.99 Å². The van der Waals surface area contributed by atoms with Gasteiger partial charge in [0.2, 0.25) is 0 Å². The lowest BCUT2D eigenvalue weighted by Crippen LogP contribution is -2.42. The zero-order valence-electron chi connectivity index (χ0n) is 5.23. The molecule has 1 aliphatic rings. The monoisotopic (exact) mass is 113 g/mol. The zero-order valence-corrected chi connectivity index (χ0v) is 5.23. The van der Waals surface area contributed by atoms with Crippen molar-refractivity contribution >= 4 is 5.84 Å². The molecule has 0 fully saturated rings. The van der Waals surface area contributed by atoms with E-state index in [-0.39, 0.29) is 6.17 Å². The van der Waals surface area contributed by atoms with Crippen LogP contribution >= 0.6 is 0 Å². The van der Waals surface area contributed by atoms with E-state index in [9.17, 15) is 0 Å². The van der Waals surface area contributed by atoms with Crippen LogP contribution in [-0.4, -0.2) is 18.7 Å².